The topological polar surface area (TPSA) is 51.4 Å². The van der Waals surface area contributed by atoms with Crippen molar-refractivity contribution in [1.82, 2.24) is 9.88 Å². The summed E-state index contributed by atoms with van der Waals surface area (Å²) in [6.07, 6.45) is 4.75. The number of rotatable bonds is 4. The summed E-state index contributed by atoms with van der Waals surface area (Å²) in [6.45, 7) is 2.24. The molecule has 2 atom stereocenters. The maximum atomic E-state index is 5.90. The summed E-state index contributed by atoms with van der Waals surface area (Å²) in [5, 5.41) is 0. The zero-order valence-corrected chi connectivity index (χ0v) is 11.6. The molecule has 0 aromatic carbocycles. The number of aromatic nitrogens is 1. The van der Waals surface area contributed by atoms with Gasteiger partial charge in [-0.1, -0.05) is 0 Å². The second kappa shape index (κ2) is 5.91. The summed E-state index contributed by atoms with van der Waals surface area (Å²) in [5.74, 6) is 0. The molecular weight excluding hydrogens is 282 g/mol. The van der Waals surface area contributed by atoms with E-state index >= 15 is 0 Å². The Morgan fingerprint density at radius 2 is 2.47 bits per heavy atom. The van der Waals surface area contributed by atoms with E-state index in [1.807, 2.05) is 6.20 Å². The van der Waals surface area contributed by atoms with E-state index in [0.29, 0.717) is 12.6 Å². The molecule has 1 aliphatic rings. The van der Waals surface area contributed by atoms with Gasteiger partial charge in [0, 0.05) is 42.1 Å². The quantitative estimate of drug-likeness (QED) is 0.917. The molecule has 1 fully saturated rings. The second-order valence-electron chi connectivity index (χ2n) is 4.37. The molecule has 17 heavy (non-hydrogen) atoms. The summed E-state index contributed by atoms with van der Waals surface area (Å²) < 4.78 is 6.42. The fraction of sp³-hybridized carbons (Fsp3) is 0.583. The van der Waals surface area contributed by atoms with E-state index < -0.39 is 0 Å². The Morgan fingerprint density at radius 3 is 3.06 bits per heavy atom. The standard InChI is InChI=1S/C12H18BrN3O/c1-16(11-2-3-17-8-11)12(5-14)9-4-10(13)7-15-6-9/h4,6-7,11-12H,2-3,5,8,14H2,1H3. The first-order chi connectivity index (χ1) is 8.22. The maximum absolute atomic E-state index is 5.90. The van der Waals surface area contributed by atoms with Crippen molar-refractivity contribution in [3.8, 4) is 0 Å². The summed E-state index contributed by atoms with van der Waals surface area (Å²) in [5.41, 5.74) is 7.05. The molecule has 94 valence electrons. The van der Waals surface area contributed by atoms with Crippen LogP contribution in [0.5, 0.6) is 0 Å². The van der Waals surface area contributed by atoms with Gasteiger partial charge < -0.3 is 10.5 Å². The minimum atomic E-state index is 0.201. The predicted molar refractivity (Wildman–Crippen MR) is 70.7 cm³/mol. The number of nitrogens with zero attached hydrogens (tertiary/aromatic N) is 2. The van der Waals surface area contributed by atoms with Crippen LogP contribution in [0.4, 0.5) is 0 Å². The van der Waals surface area contributed by atoms with Crippen LogP contribution in [-0.2, 0) is 4.74 Å². The first-order valence-electron chi connectivity index (χ1n) is 5.82. The van der Waals surface area contributed by atoms with E-state index in [4.69, 9.17) is 10.5 Å². The Labute approximate surface area is 110 Å². The van der Waals surface area contributed by atoms with Gasteiger partial charge in [0.05, 0.1) is 6.61 Å². The van der Waals surface area contributed by atoms with Gasteiger partial charge in [0.2, 0.25) is 0 Å². The van der Waals surface area contributed by atoms with Crippen LogP contribution in [-0.4, -0.2) is 42.7 Å². The molecule has 1 aromatic heterocycles. The van der Waals surface area contributed by atoms with Crippen LogP contribution in [0.3, 0.4) is 0 Å². The molecule has 0 aliphatic carbocycles. The molecule has 5 heteroatoms. The lowest BCUT2D eigenvalue weighted by molar-refractivity contribution is 0.134. The number of hydrogen-bond acceptors (Lipinski definition) is 4. The van der Waals surface area contributed by atoms with Crippen molar-refractivity contribution in [2.75, 3.05) is 26.8 Å². The lowest BCUT2D eigenvalue weighted by Gasteiger charge is -2.31. The summed E-state index contributed by atoms with van der Waals surface area (Å²) >= 11 is 3.45. The highest BCUT2D eigenvalue weighted by atomic mass is 79.9. The van der Waals surface area contributed by atoms with Crippen molar-refractivity contribution >= 4 is 15.9 Å². The van der Waals surface area contributed by atoms with Crippen LogP contribution < -0.4 is 5.73 Å². The highest BCUT2D eigenvalue weighted by Crippen LogP contribution is 2.25. The fourth-order valence-corrected chi connectivity index (χ4v) is 2.63. The van der Waals surface area contributed by atoms with Crippen molar-refractivity contribution in [2.45, 2.75) is 18.5 Å². The van der Waals surface area contributed by atoms with E-state index in [9.17, 15) is 0 Å². The fourth-order valence-electron chi connectivity index (χ4n) is 2.25. The lowest BCUT2D eigenvalue weighted by atomic mass is 10.1. The van der Waals surface area contributed by atoms with Crippen molar-refractivity contribution in [2.24, 2.45) is 5.73 Å². The molecule has 2 heterocycles. The Hall–Kier alpha value is -0.490. The Morgan fingerprint density at radius 1 is 1.65 bits per heavy atom. The average Bonchev–Trinajstić information content (AvgIpc) is 2.83. The van der Waals surface area contributed by atoms with Crippen LogP contribution in [0.15, 0.2) is 22.9 Å². The zero-order valence-electron chi connectivity index (χ0n) is 9.97. The Kier molecular flexibility index (Phi) is 4.50. The molecule has 1 aromatic rings. The Balaban J connectivity index is 2.14. The number of halogens is 1. The summed E-state index contributed by atoms with van der Waals surface area (Å²) in [6, 6.07) is 2.74. The molecule has 0 bridgehead atoms. The lowest BCUT2D eigenvalue weighted by Crippen LogP contribution is -2.39. The van der Waals surface area contributed by atoms with Gasteiger partial charge >= 0.3 is 0 Å². The molecule has 0 saturated carbocycles. The van der Waals surface area contributed by atoms with Gasteiger partial charge in [0.1, 0.15) is 0 Å². The molecule has 2 unspecified atom stereocenters. The summed E-state index contributed by atoms with van der Waals surface area (Å²) in [7, 11) is 2.11. The largest absolute Gasteiger partial charge is 0.380 e. The third-order valence-electron chi connectivity index (χ3n) is 3.31. The molecule has 2 N–H and O–H groups in total. The Bertz CT molecular complexity index is 369. The van der Waals surface area contributed by atoms with Crippen LogP contribution in [0.25, 0.3) is 0 Å². The monoisotopic (exact) mass is 299 g/mol. The minimum absolute atomic E-state index is 0.201. The third-order valence-corrected chi connectivity index (χ3v) is 3.74. The van der Waals surface area contributed by atoms with E-state index in [1.165, 1.54) is 0 Å². The molecule has 2 rings (SSSR count). The summed E-state index contributed by atoms with van der Waals surface area (Å²) in [4.78, 5) is 6.50. The third kappa shape index (κ3) is 3.04. The second-order valence-corrected chi connectivity index (χ2v) is 5.29. The van der Waals surface area contributed by atoms with Crippen LogP contribution in [0, 0.1) is 0 Å². The highest BCUT2D eigenvalue weighted by Gasteiger charge is 2.26. The zero-order chi connectivity index (χ0) is 12.3. The first kappa shape index (κ1) is 13.0. The van der Waals surface area contributed by atoms with E-state index in [-0.39, 0.29) is 6.04 Å². The smallest absolute Gasteiger partial charge is 0.0622 e. The molecule has 1 saturated heterocycles. The van der Waals surface area contributed by atoms with Crippen molar-refractivity contribution in [3.05, 3.63) is 28.5 Å². The molecule has 0 amide bonds. The molecule has 4 nitrogen and oxygen atoms in total. The molecular formula is C12H18BrN3O. The molecule has 1 aliphatic heterocycles. The van der Waals surface area contributed by atoms with Crippen molar-refractivity contribution in [3.63, 3.8) is 0 Å². The number of hydrogen-bond donors (Lipinski definition) is 1. The number of likely N-dealkylation sites (N-methyl/N-ethyl adjacent to an activating group) is 1. The van der Waals surface area contributed by atoms with Crippen molar-refractivity contribution < 1.29 is 4.74 Å². The molecule has 0 radical (unpaired) electrons. The van der Waals surface area contributed by atoms with Crippen LogP contribution in [0.2, 0.25) is 0 Å². The molecule has 0 spiro atoms. The normalized spacial score (nSPS) is 22.0. The van der Waals surface area contributed by atoms with Crippen LogP contribution >= 0.6 is 15.9 Å². The van der Waals surface area contributed by atoms with E-state index in [2.05, 4.69) is 38.9 Å². The highest BCUT2D eigenvalue weighted by molar-refractivity contribution is 9.10. The minimum Gasteiger partial charge on any atom is -0.380 e. The van der Waals surface area contributed by atoms with Crippen LogP contribution in [0.1, 0.15) is 18.0 Å². The van der Waals surface area contributed by atoms with E-state index in [1.54, 1.807) is 6.20 Å². The van der Waals surface area contributed by atoms with Crippen molar-refractivity contribution in [1.29, 1.82) is 0 Å². The van der Waals surface area contributed by atoms with Gasteiger partial charge in [0.15, 0.2) is 0 Å². The number of ether oxygens (including phenoxy) is 1. The SMILES string of the molecule is CN(C1CCOC1)C(CN)c1cncc(Br)c1. The van der Waals surface area contributed by atoms with Gasteiger partial charge in [-0.3, -0.25) is 9.88 Å². The average molecular weight is 300 g/mol. The van der Waals surface area contributed by atoms with Gasteiger partial charge in [-0.15, -0.1) is 0 Å². The number of pyridine rings is 1. The van der Waals surface area contributed by atoms with Gasteiger partial charge in [-0.2, -0.15) is 0 Å². The van der Waals surface area contributed by atoms with Gasteiger partial charge in [-0.25, -0.2) is 0 Å². The number of nitrogens with two attached hydrogens (primary N) is 1. The predicted octanol–water partition coefficient (Wildman–Crippen LogP) is 1.56. The maximum Gasteiger partial charge on any atom is 0.0622 e. The first-order valence-corrected chi connectivity index (χ1v) is 6.62. The van der Waals surface area contributed by atoms with Gasteiger partial charge in [-0.05, 0) is 41.0 Å². The van der Waals surface area contributed by atoms with Gasteiger partial charge in [0.25, 0.3) is 0 Å². The van der Waals surface area contributed by atoms with E-state index in [0.717, 1.165) is 29.7 Å².